The number of Topliss-reactive ketones (excluding diaryl/α,β-unsaturated/α-hetero) is 1. The fourth-order valence-electron chi connectivity index (χ4n) is 2.83. The summed E-state index contributed by atoms with van der Waals surface area (Å²) in [5.41, 5.74) is 7.59. The maximum atomic E-state index is 12.5. The number of ether oxygens (including phenoxy) is 1. The average molecular weight is 366 g/mol. The van der Waals surface area contributed by atoms with E-state index >= 15 is 0 Å². The molecule has 2 aromatic rings. The van der Waals surface area contributed by atoms with Gasteiger partial charge >= 0.3 is 6.09 Å². The molecule has 27 heavy (non-hydrogen) atoms. The minimum atomic E-state index is -0.461. The van der Waals surface area contributed by atoms with E-state index in [0.717, 1.165) is 11.1 Å². The molecule has 142 valence electrons. The predicted octanol–water partition coefficient (Wildman–Crippen LogP) is 3.36. The van der Waals surface area contributed by atoms with Gasteiger partial charge in [-0.1, -0.05) is 73.3 Å². The minimum Gasteiger partial charge on any atom is -0.445 e. The van der Waals surface area contributed by atoms with Crippen molar-refractivity contribution in [3.8, 4) is 0 Å². The van der Waals surface area contributed by atoms with Crippen LogP contribution in [-0.4, -0.2) is 43.0 Å². The van der Waals surface area contributed by atoms with Crippen molar-refractivity contribution in [3.05, 3.63) is 84.4 Å². The number of nitrogens with zero attached hydrogens (tertiary/aromatic N) is 1. The third-order valence-corrected chi connectivity index (χ3v) is 4.28. The van der Waals surface area contributed by atoms with Crippen molar-refractivity contribution in [1.29, 1.82) is 0 Å². The van der Waals surface area contributed by atoms with Gasteiger partial charge in [0, 0.05) is 25.4 Å². The molecule has 0 radical (unpaired) electrons. The predicted molar refractivity (Wildman–Crippen MR) is 107 cm³/mol. The molecule has 0 fully saturated rings. The third kappa shape index (κ3) is 6.38. The summed E-state index contributed by atoms with van der Waals surface area (Å²) in [6.45, 7) is 4.33. The van der Waals surface area contributed by atoms with Gasteiger partial charge in [0.25, 0.3) is 0 Å². The fourth-order valence-corrected chi connectivity index (χ4v) is 2.83. The Morgan fingerprint density at radius 1 is 1.04 bits per heavy atom. The van der Waals surface area contributed by atoms with E-state index in [9.17, 15) is 9.59 Å². The van der Waals surface area contributed by atoms with Crippen LogP contribution in [0.15, 0.2) is 73.3 Å². The Balaban J connectivity index is 2.26. The lowest BCUT2D eigenvalue weighted by atomic mass is 9.91. The van der Waals surface area contributed by atoms with Gasteiger partial charge in [0.1, 0.15) is 12.4 Å². The standard InChI is InChI=1S/C22H26N2O3/c1-2-15-27-22(26)24(14-13-20(25)16-23)17-21(18-9-5-3-6-10-18)19-11-7-4-8-12-19/h2-12,21H,1,13-17,23H2. The van der Waals surface area contributed by atoms with Crippen molar-refractivity contribution >= 4 is 11.9 Å². The van der Waals surface area contributed by atoms with Crippen LogP contribution in [0.2, 0.25) is 0 Å². The molecule has 5 nitrogen and oxygen atoms in total. The zero-order chi connectivity index (χ0) is 19.5. The first-order valence-electron chi connectivity index (χ1n) is 9.00. The van der Waals surface area contributed by atoms with Crippen LogP contribution in [0.5, 0.6) is 0 Å². The summed E-state index contributed by atoms with van der Waals surface area (Å²) in [5.74, 6) is -0.121. The monoisotopic (exact) mass is 366 g/mol. The highest BCUT2D eigenvalue weighted by Crippen LogP contribution is 2.26. The van der Waals surface area contributed by atoms with Crippen molar-refractivity contribution in [2.75, 3.05) is 26.2 Å². The Labute approximate surface area is 160 Å². The van der Waals surface area contributed by atoms with Crippen LogP contribution in [0.3, 0.4) is 0 Å². The smallest absolute Gasteiger partial charge is 0.410 e. The van der Waals surface area contributed by atoms with Crippen molar-refractivity contribution in [1.82, 2.24) is 4.90 Å². The Kier molecular flexibility index (Phi) is 8.26. The average Bonchev–Trinajstić information content (AvgIpc) is 2.73. The van der Waals surface area contributed by atoms with Crippen molar-refractivity contribution in [2.24, 2.45) is 5.73 Å². The highest BCUT2D eigenvalue weighted by molar-refractivity contribution is 5.81. The van der Waals surface area contributed by atoms with Crippen molar-refractivity contribution < 1.29 is 14.3 Å². The minimum absolute atomic E-state index is 0.0309. The van der Waals surface area contributed by atoms with Gasteiger partial charge in [0.15, 0.2) is 0 Å². The van der Waals surface area contributed by atoms with Gasteiger partial charge < -0.3 is 15.4 Å². The second-order valence-corrected chi connectivity index (χ2v) is 6.18. The van der Waals surface area contributed by atoms with E-state index in [-0.39, 0.29) is 37.8 Å². The van der Waals surface area contributed by atoms with Gasteiger partial charge in [-0.3, -0.25) is 4.79 Å². The molecule has 5 heteroatoms. The van der Waals surface area contributed by atoms with Crippen LogP contribution in [-0.2, 0) is 9.53 Å². The molecule has 0 saturated heterocycles. The summed E-state index contributed by atoms with van der Waals surface area (Å²) in [7, 11) is 0. The normalized spacial score (nSPS) is 10.4. The zero-order valence-electron chi connectivity index (χ0n) is 15.4. The molecular formula is C22H26N2O3. The summed E-state index contributed by atoms with van der Waals surface area (Å²) in [5, 5.41) is 0. The Morgan fingerprint density at radius 3 is 2.07 bits per heavy atom. The maximum Gasteiger partial charge on any atom is 0.410 e. The lowest BCUT2D eigenvalue weighted by Crippen LogP contribution is -2.37. The van der Waals surface area contributed by atoms with E-state index in [1.54, 1.807) is 4.90 Å². The van der Waals surface area contributed by atoms with Gasteiger partial charge in [0.05, 0.1) is 6.54 Å². The SMILES string of the molecule is C=CCOC(=O)N(CCC(=O)CN)CC(c1ccccc1)c1ccccc1. The second-order valence-electron chi connectivity index (χ2n) is 6.18. The number of hydrogen-bond acceptors (Lipinski definition) is 4. The highest BCUT2D eigenvalue weighted by Gasteiger charge is 2.23. The molecule has 2 rings (SSSR count). The molecule has 0 aliphatic heterocycles. The van der Waals surface area contributed by atoms with E-state index < -0.39 is 6.09 Å². The summed E-state index contributed by atoms with van der Waals surface area (Å²) in [4.78, 5) is 25.7. The molecule has 0 aliphatic carbocycles. The summed E-state index contributed by atoms with van der Waals surface area (Å²) < 4.78 is 5.22. The third-order valence-electron chi connectivity index (χ3n) is 4.28. The van der Waals surface area contributed by atoms with Crippen LogP contribution in [0, 0.1) is 0 Å². The number of carbonyl (C=O) groups excluding carboxylic acids is 2. The number of benzene rings is 2. The van der Waals surface area contributed by atoms with Crippen molar-refractivity contribution in [3.63, 3.8) is 0 Å². The maximum absolute atomic E-state index is 12.5. The topological polar surface area (TPSA) is 72.6 Å². The number of amides is 1. The Bertz CT molecular complexity index is 692. The largest absolute Gasteiger partial charge is 0.445 e. The first-order chi connectivity index (χ1) is 13.2. The fraction of sp³-hybridized carbons (Fsp3) is 0.273. The molecule has 0 heterocycles. The van der Waals surface area contributed by atoms with Gasteiger partial charge in [-0.15, -0.1) is 0 Å². The number of ketones is 1. The lowest BCUT2D eigenvalue weighted by molar-refractivity contribution is -0.117. The zero-order valence-corrected chi connectivity index (χ0v) is 15.4. The molecule has 2 N–H and O–H groups in total. The van der Waals surface area contributed by atoms with Crippen LogP contribution in [0.25, 0.3) is 0 Å². The Hall–Kier alpha value is -2.92. The molecule has 0 spiro atoms. The van der Waals surface area contributed by atoms with E-state index in [0.29, 0.717) is 6.54 Å². The molecule has 0 atom stereocenters. The molecule has 2 aromatic carbocycles. The summed E-state index contributed by atoms with van der Waals surface area (Å²) >= 11 is 0. The Morgan fingerprint density at radius 2 is 1.59 bits per heavy atom. The van der Waals surface area contributed by atoms with E-state index in [4.69, 9.17) is 10.5 Å². The van der Waals surface area contributed by atoms with E-state index in [1.807, 2.05) is 60.7 Å². The van der Waals surface area contributed by atoms with Gasteiger partial charge in [-0.2, -0.15) is 0 Å². The highest BCUT2D eigenvalue weighted by atomic mass is 16.6. The summed E-state index contributed by atoms with van der Waals surface area (Å²) in [6, 6.07) is 20.0. The molecule has 0 bridgehead atoms. The number of carbonyl (C=O) groups is 2. The first kappa shape index (κ1) is 20.4. The first-order valence-corrected chi connectivity index (χ1v) is 9.00. The second kappa shape index (κ2) is 10.9. The summed E-state index contributed by atoms with van der Waals surface area (Å²) in [6.07, 6.45) is 1.26. The molecule has 1 amide bonds. The van der Waals surface area contributed by atoms with Crippen LogP contribution < -0.4 is 5.73 Å². The van der Waals surface area contributed by atoms with Crippen LogP contribution in [0.4, 0.5) is 4.79 Å². The van der Waals surface area contributed by atoms with E-state index in [1.165, 1.54) is 6.08 Å². The van der Waals surface area contributed by atoms with Gasteiger partial charge in [-0.05, 0) is 11.1 Å². The molecule has 0 saturated carbocycles. The molecule has 0 aliphatic rings. The molecular weight excluding hydrogens is 340 g/mol. The number of hydrogen-bond donors (Lipinski definition) is 1. The lowest BCUT2D eigenvalue weighted by Gasteiger charge is -2.27. The van der Waals surface area contributed by atoms with Crippen LogP contribution >= 0.6 is 0 Å². The number of rotatable bonds is 10. The number of nitrogens with two attached hydrogens (primary N) is 1. The van der Waals surface area contributed by atoms with E-state index in [2.05, 4.69) is 6.58 Å². The molecule has 0 aromatic heterocycles. The quantitative estimate of drug-likeness (QED) is 0.655. The molecule has 0 unspecified atom stereocenters. The van der Waals surface area contributed by atoms with Crippen molar-refractivity contribution in [2.45, 2.75) is 12.3 Å². The van der Waals surface area contributed by atoms with Gasteiger partial charge in [-0.25, -0.2) is 4.79 Å². The van der Waals surface area contributed by atoms with Crippen LogP contribution in [0.1, 0.15) is 23.5 Å². The van der Waals surface area contributed by atoms with Gasteiger partial charge in [0.2, 0.25) is 0 Å².